The van der Waals surface area contributed by atoms with Gasteiger partial charge in [-0.2, -0.15) is 4.31 Å². The van der Waals surface area contributed by atoms with E-state index in [1.54, 1.807) is 25.1 Å². The van der Waals surface area contributed by atoms with Crippen LogP contribution >= 0.6 is 11.6 Å². The Morgan fingerprint density at radius 1 is 1.15 bits per heavy atom. The van der Waals surface area contributed by atoms with Crippen LogP contribution < -0.4 is 10.5 Å². The van der Waals surface area contributed by atoms with Crippen LogP contribution in [0.1, 0.15) is 35.2 Å². The number of anilines is 1. The van der Waals surface area contributed by atoms with E-state index in [0.29, 0.717) is 23.7 Å². The third-order valence-electron chi connectivity index (χ3n) is 4.61. The molecule has 1 aliphatic heterocycles. The molecule has 3 rings (SSSR count). The van der Waals surface area contributed by atoms with Crippen LogP contribution in [-0.4, -0.2) is 31.8 Å². The fourth-order valence-corrected chi connectivity index (χ4v) is 5.07. The van der Waals surface area contributed by atoms with Crippen molar-refractivity contribution in [1.29, 1.82) is 0 Å². The summed E-state index contributed by atoms with van der Waals surface area (Å²) < 4.78 is 32.8. The van der Waals surface area contributed by atoms with Gasteiger partial charge in [-0.05, 0) is 55.7 Å². The summed E-state index contributed by atoms with van der Waals surface area (Å²) in [5, 5.41) is 0.429. The van der Waals surface area contributed by atoms with E-state index in [4.69, 9.17) is 22.1 Å². The molecule has 6 nitrogen and oxygen atoms in total. The Balaban J connectivity index is 1.91. The molecule has 2 aromatic carbocycles. The van der Waals surface area contributed by atoms with E-state index in [1.807, 2.05) is 0 Å². The molecule has 1 saturated heterocycles. The summed E-state index contributed by atoms with van der Waals surface area (Å²) >= 11 is 5.85. The average molecular weight is 409 g/mol. The van der Waals surface area contributed by atoms with Gasteiger partial charge in [0.15, 0.2) is 5.75 Å². The number of carbonyl (C=O) groups is 1. The standard InChI is InChI=1S/C19H21ClN2O4S/c1-13-15(19(23)26-17-9-8-14(20)12-16(17)21)6-5-7-18(13)27(24,25)22-10-3-2-4-11-22/h5-9,12H,2-4,10-11,21H2,1H3. The Bertz CT molecular complexity index is 970. The summed E-state index contributed by atoms with van der Waals surface area (Å²) in [6, 6.07) is 9.15. The minimum Gasteiger partial charge on any atom is -0.421 e. The summed E-state index contributed by atoms with van der Waals surface area (Å²) in [6.45, 7) is 2.61. The zero-order valence-corrected chi connectivity index (χ0v) is 16.5. The van der Waals surface area contributed by atoms with Crippen LogP contribution in [0.3, 0.4) is 0 Å². The Kier molecular flexibility index (Phi) is 5.74. The lowest BCUT2D eigenvalue weighted by Crippen LogP contribution is -2.36. The lowest BCUT2D eigenvalue weighted by atomic mass is 10.1. The van der Waals surface area contributed by atoms with E-state index in [1.165, 1.54) is 22.5 Å². The third-order valence-corrected chi connectivity index (χ3v) is 6.89. The van der Waals surface area contributed by atoms with Crippen LogP contribution in [0, 0.1) is 6.92 Å². The van der Waals surface area contributed by atoms with Gasteiger partial charge in [0, 0.05) is 18.1 Å². The number of hydrogen-bond acceptors (Lipinski definition) is 5. The molecule has 2 N–H and O–H groups in total. The van der Waals surface area contributed by atoms with E-state index in [0.717, 1.165) is 19.3 Å². The number of sulfonamides is 1. The van der Waals surface area contributed by atoms with Crippen molar-refractivity contribution in [2.75, 3.05) is 18.8 Å². The fraction of sp³-hybridized carbons (Fsp3) is 0.316. The molecular weight excluding hydrogens is 388 g/mol. The van der Waals surface area contributed by atoms with Gasteiger partial charge >= 0.3 is 5.97 Å². The molecule has 1 heterocycles. The number of halogens is 1. The van der Waals surface area contributed by atoms with Crippen molar-refractivity contribution < 1.29 is 17.9 Å². The van der Waals surface area contributed by atoms with Crippen molar-refractivity contribution in [3.05, 3.63) is 52.5 Å². The number of nitrogen functional groups attached to an aromatic ring is 1. The molecule has 1 aliphatic rings. The van der Waals surface area contributed by atoms with Gasteiger partial charge in [0.1, 0.15) is 0 Å². The lowest BCUT2D eigenvalue weighted by Gasteiger charge is -2.26. The van der Waals surface area contributed by atoms with Gasteiger partial charge in [0.05, 0.1) is 16.1 Å². The van der Waals surface area contributed by atoms with Gasteiger partial charge in [0.25, 0.3) is 0 Å². The Morgan fingerprint density at radius 3 is 2.52 bits per heavy atom. The monoisotopic (exact) mass is 408 g/mol. The van der Waals surface area contributed by atoms with Crippen LogP contribution in [0.4, 0.5) is 5.69 Å². The normalized spacial score (nSPS) is 15.5. The Labute approximate surface area is 163 Å². The minimum absolute atomic E-state index is 0.128. The Morgan fingerprint density at radius 2 is 1.85 bits per heavy atom. The summed E-state index contributed by atoms with van der Waals surface area (Å²) in [7, 11) is -3.65. The zero-order valence-electron chi connectivity index (χ0n) is 14.9. The number of carbonyl (C=O) groups excluding carboxylic acids is 1. The Hall–Kier alpha value is -2.09. The number of esters is 1. The number of piperidine rings is 1. The maximum absolute atomic E-state index is 13.0. The van der Waals surface area contributed by atoms with Crippen LogP contribution in [0.2, 0.25) is 5.02 Å². The van der Waals surface area contributed by atoms with Crippen LogP contribution in [0.15, 0.2) is 41.3 Å². The number of ether oxygens (including phenoxy) is 1. The van der Waals surface area contributed by atoms with E-state index >= 15 is 0 Å². The largest absolute Gasteiger partial charge is 0.421 e. The van der Waals surface area contributed by atoms with Gasteiger partial charge in [0.2, 0.25) is 10.0 Å². The highest BCUT2D eigenvalue weighted by atomic mass is 35.5. The maximum Gasteiger partial charge on any atom is 0.343 e. The molecule has 0 atom stereocenters. The van der Waals surface area contributed by atoms with Crippen LogP contribution in [0.25, 0.3) is 0 Å². The first kappa shape index (κ1) is 19.7. The fourth-order valence-electron chi connectivity index (χ4n) is 3.13. The highest BCUT2D eigenvalue weighted by Crippen LogP contribution is 2.28. The summed E-state index contributed by atoms with van der Waals surface area (Å²) in [6.07, 6.45) is 2.71. The SMILES string of the molecule is Cc1c(C(=O)Oc2ccc(Cl)cc2N)cccc1S(=O)(=O)N1CCCCC1. The molecule has 0 saturated carbocycles. The predicted octanol–water partition coefficient (Wildman–Crippen LogP) is 3.62. The first-order valence-corrected chi connectivity index (χ1v) is 10.5. The average Bonchev–Trinajstić information content (AvgIpc) is 2.64. The van der Waals surface area contributed by atoms with Gasteiger partial charge in [-0.3, -0.25) is 0 Å². The smallest absolute Gasteiger partial charge is 0.343 e. The molecule has 8 heteroatoms. The number of hydrogen-bond donors (Lipinski definition) is 1. The van der Waals surface area contributed by atoms with Crippen LogP contribution in [-0.2, 0) is 10.0 Å². The lowest BCUT2D eigenvalue weighted by molar-refractivity contribution is 0.0734. The number of nitrogens with zero attached hydrogens (tertiary/aromatic N) is 1. The van der Waals surface area contributed by atoms with Crippen molar-refractivity contribution in [3.63, 3.8) is 0 Å². The molecule has 27 heavy (non-hydrogen) atoms. The second-order valence-corrected chi connectivity index (χ2v) is 8.81. The van der Waals surface area contributed by atoms with Gasteiger partial charge in [-0.15, -0.1) is 0 Å². The summed E-state index contributed by atoms with van der Waals surface area (Å²) in [5.74, 6) is -0.495. The topological polar surface area (TPSA) is 89.7 Å². The van der Waals surface area contributed by atoms with Crippen LogP contribution in [0.5, 0.6) is 5.75 Å². The molecule has 0 amide bonds. The molecule has 0 aliphatic carbocycles. The predicted molar refractivity (Wildman–Crippen MR) is 105 cm³/mol. The molecule has 1 fully saturated rings. The van der Waals surface area contributed by atoms with E-state index in [9.17, 15) is 13.2 Å². The maximum atomic E-state index is 13.0. The van der Waals surface area contributed by atoms with E-state index < -0.39 is 16.0 Å². The zero-order chi connectivity index (χ0) is 19.6. The quantitative estimate of drug-likeness (QED) is 0.474. The molecule has 2 aromatic rings. The highest BCUT2D eigenvalue weighted by Gasteiger charge is 2.29. The first-order valence-electron chi connectivity index (χ1n) is 8.67. The van der Waals surface area contributed by atoms with Gasteiger partial charge in [-0.1, -0.05) is 24.1 Å². The molecule has 144 valence electrons. The minimum atomic E-state index is -3.65. The second kappa shape index (κ2) is 7.88. The molecule has 0 radical (unpaired) electrons. The van der Waals surface area contributed by atoms with Gasteiger partial charge < -0.3 is 10.5 Å². The molecule has 0 spiro atoms. The van der Waals surface area contributed by atoms with E-state index in [-0.39, 0.29) is 21.9 Å². The third kappa shape index (κ3) is 4.10. The van der Waals surface area contributed by atoms with Crippen molar-refractivity contribution in [2.24, 2.45) is 0 Å². The summed E-state index contributed by atoms with van der Waals surface area (Å²) in [4.78, 5) is 12.7. The second-order valence-electron chi connectivity index (χ2n) is 6.47. The van der Waals surface area contributed by atoms with Crippen molar-refractivity contribution in [2.45, 2.75) is 31.1 Å². The van der Waals surface area contributed by atoms with Crippen molar-refractivity contribution in [1.82, 2.24) is 4.31 Å². The number of rotatable bonds is 4. The van der Waals surface area contributed by atoms with Crippen molar-refractivity contribution in [3.8, 4) is 5.75 Å². The molecular formula is C19H21ClN2O4S. The summed E-state index contributed by atoms with van der Waals surface area (Å²) in [5.41, 5.74) is 6.59. The molecule has 0 bridgehead atoms. The van der Waals surface area contributed by atoms with Gasteiger partial charge in [-0.25, -0.2) is 13.2 Å². The highest BCUT2D eigenvalue weighted by molar-refractivity contribution is 7.89. The number of nitrogens with two attached hydrogens (primary N) is 1. The molecule has 0 aromatic heterocycles. The molecule has 0 unspecified atom stereocenters. The first-order chi connectivity index (χ1) is 12.8. The van der Waals surface area contributed by atoms with E-state index in [2.05, 4.69) is 0 Å². The number of benzene rings is 2. The van der Waals surface area contributed by atoms with Crippen molar-refractivity contribution >= 4 is 33.3 Å².